The molecule has 1 fully saturated rings. The van der Waals surface area contributed by atoms with Crippen molar-refractivity contribution >= 4 is 48.6 Å². The van der Waals surface area contributed by atoms with E-state index in [1.54, 1.807) is 11.3 Å². The quantitative estimate of drug-likeness (QED) is 0.676. The Balaban J connectivity index is 2.07. The first kappa shape index (κ1) is 10.6. The number of nitrogens with zero attached hydrogens (tertiary/aromatic N) is 2. The second-order valence-electron chi connectivity index (χ2n) is 3.96. The zero-order valence-corrected chi connectivity index (χ0v) is 10.1. The number of benzene rings is 1. The average Bonchev–Trinajstić information content (AvgIpc) is 2.70. The van der Waals surface area contributed by atoms with Crippen LogP contribution in [-0.4, -0.2) is 49.0 Å². The minimum absolute atomic E-state index is 0.819. The van der Waals surface area contributed by atoms with Crippen molar-refractivity contribution in [3.8, 4) is 0 Å². The van der Waals surface area contributed by atoms with Gasteiger partial charge in [0.1, 0.15) is 0 Å². The molecule has 1 aromatic carbocycles. The van der Waals surface area contributed by atoms with E-state index in [2.05, 4.69) is 45.8 Å². The van der Waals surface area contributed by atoms with Gasteiger partial charge in [-0.25, -0.2) is 0 Å². The van der Waals surface area contributed by atoms with Crippen LogP contribution in [-0.2, 0) is 4.74 Å². The molecule has 0 radical (unpaired) electrons. The Morgan fingerprint density at radius 1 is 1.31 bits per heavy atom. The molecule has 0 spiro atoms. The van der Waals surface area contributed by atoms with Crippen molar-refractivity contribution in [3.05, 3.63) is 18.2 Å². The molecule has 1 aromatic heterocycles. The number of para-hydroxylation sites is 1. The molecule has 0 N–H and O–H groups in total. The van der Waals surface area contributed by atoms with Gasteiger partial charge in [-0.1, -0.05) is 0 Å². The number of rotatable bonds is 1. The van der Waals surface area contributed by atoms with Crippen molar-refractivity contribution in [1.82, 2.24) is 4.98 Å². The van der Waals surface area contributed by atoms with Crippen LogP contribution in [0.3, 0.4) is 0 Å². The fourth-order valence-corrected chi connectivity index (χ4v) is 2.95. The van der Waals surface area contributed by atoms with Gasteiger partial charge in [-0.05, 0) is 0 Å². The van der Waals surface area contributed by atoms with Gasteiger partial charge in [-0.15, -0.1) is 0 Å². The second kappa shape index (κ2) is 4.38. The number of morpholine rings is 1. The monoisotopic (exact) mass is 226 g/mol. The van der Waals surface area contributed by atoms with Gasteiger partial charge in [0.05, 0.1) is 0 Å². The fourth-order valence-electron chi connectivity index (χ4n) is 2.10. The standard InChI is InChI=1S/C11H11N2OS.Li/c1-2-9(13-4-6-14-7-5-13)11-10(3-1)15-8-12-11;/h1-3H,4-7H2;. The van der Waals surface area contributed by atoms with E-state index in [4.69, 9.17) is 4.74 Å². The third kappa shape index (κ3) is 1.87. The summed E-state index contributed by atoms with van der Waals surface area (Å²) in [4.78, 5) is 6.99. The SMILES string of the molecule is [Li][c]1nc2c(N3CCOCC3)cccc2s1. The van der Waals surface area contributed by atoms with Crippen LogP contribution in [0.25, 0.3) is 10.2 Å². The predicted molar refractivity (Wildman–Crippen MR) is 68.0 cm³/mol. The second-order valence-corrected chi connectivity index (χ2v) is 5.19. The molecule has 0 saturated carbocycles. The van der Waals surface area contributed by atoms with Crippen molar-refractivity contribution < 1.29 is 4.74 Å². The Kier molecular flexibility index (Phi) is 2.91. The van der Waals surface area contributed by atoms with Crippen LogP contribution in [0, 0.1) is 0 Å². The molecule has 3 nitrogen and oxygen atoms in total. The Hall–Kier alpha value is -0.533. The molecule has 0 aliphatic carbocycles. The number of thiazole rings is 1. The molecular weight excluding hydrogens is 215 g/mol. The average molecular weight is 226 g/mol. The van der Waals surface area contributed by atoms with Crippen molar-refractivity contribution in [2.24, 2.45) is 0 Å². The summed E-state index contributed by atoms with van der Waals surface area (Å²) < 4.78 is 7.79. The van der Waals surface area contributed by atoms with Gasteiger partial charge in [0.25, 0.3) is 0 Å². The number of hydrogen-bond acceptors (Lipinski definition) is 4. The molecule has 0 atom stereocenters. The molecule has 2 aromatic rings. The summed E-state index contributed by atoms with van der Waals surface area (Å²) in [6.45, 7) is 3.57. The molecule has 1 saturated heterocycles. The maximum absolute atomic E-state index is 5.38. The molecule has 0 bridgehead atoms. The van der Waals surface area contributed by atoms with E-state index in [0.717, 1.165) is 35.5 Å². The van der Waals surface area contributed by atoms with Crippen molar-refractivity contribution in [2.45, 2.75) is 0 Å². The summed E-state index contributed by atoms with van der Waals surface area (Å²) in [5.74, 6) is 0. The summed E-state index contributed by atoms with van der Waals surface area (Å²) in [6, 6.07) is 6.42. The third-order valence-corrected chi connectivity index (χ3v) is 3.79. The first-order chi connectivity index (χ1) is 7.84. The van der Waals surface area contributed by atoms with Crippen LogP contribution in [0.2, 0.25) is 0 Å². The number of aromatic nitrogens is 1. The maximum atomic E-state index is 5.38. The van der Waals surface area contributed by atoms with E-state index in [0.29, 0.717) is 0 Å². The molecule has 5 heteroatoms. The molecule has 0 amide bonds. The van der Waals surface area contributed by atoms with E-state index in [1.807, 2.05) is 0 Å². The van der Waals surface area contributed by atoms with Gasteiger partial charge in [-0.2, -0.15) is 0 Å². The van der Waals surface area contributed by atoms with Crippen LogP contribution in [0.4, 0.5) is 5.69 Å². The molecular formula is C11H11LiN2OS. The van der Waals surface area contributed by atoms with E-state index in [9.17, 15) is 0 Å². The van der Waals surface area contributed by atoms with Crippen molar-refractivity contribution in [3.63, 3.8) is 0 Å². The topological polar surface area (TPSA) is 25.4 Å². The van der Waals surface area contributed by atoms with Crippen molar-refractivity contribution in [1.29, 1.82) is 0 Å². The van der Waals surface area contributed by atoms with E-state index in [-0.39, 0.29) is 0 Å². The molecule has 1 aliphatic rings. The van der Waals surface area contributed by atoms with E-state index >= 15 is 0 Å². The van der Waals surface area contributed by atoms with Gasteiger partial charge in [0.2, 0.25) is 0 Å². The summed E-state index contributed by atoms with van der Waals surface area (Å²) >= 11 is 3.82. The normalized spacial score (nSPS) is 17.0. The van der Waals surface area contributed by atoms with Gasteiger partial charge in [0.15, 0.2) is 0 Å². The van der Waals surface area contributed by atoms with Gasteiger partial charge in [-0.3, -0.25) is 0 Å². The van der Waals surface area contributed by atoms with Crippen LogP contribution < -0.4 is 8.58 Å². The van der Waals surface area contributed by atoms with Gasteiger partial charge in [0, 0.05) is 0 Å². The van der Waals surface area contributed by atoms with Crippen LogP contribution in [0.5, 0.6) is 0 Å². The van der Waals surface area contributed by atoms with Gasteiger partial charge < -0.3 is 0 Å². The van der Waals surface area contributed by atoms with Gasteiger partial charge >= 0.3 is 108 Å². The predicted octanol–water partition coefficient (Wildman–Crippen LogP) is 0.927. The molecule has 2 heterocycles. The van der Waals surface area contributed by atoms with Crippen LogP contribution >= 0.6 is 11.3 Å². The van der Waals surface area contributed by atoms with E-state index < -0.39 is 0 Å². The number of hydrogen-bond donors (Lipinski definition) is 0. The summed E-state index contributed by atoms with van der Waals surface area (Å²) in [5.41, 5.74) is 2.40. The zero-order valence-electron chi connectivity index (χ0n) is 9.27. The molecule has 78 valence electrons. The van der Waals surface area contributed by atoms with Crippen LogP contribution in [0.1, 0.15) is 0 Å². The number of anilines is 1. The first-order valence-corrected chi connectivity index (χ1v) is 6.35. The summed E-state index contributed by atoms with van der Waals surface area (Å²) in [7, 11) is 0. The third-order valence-electron chi connectivity index (χ3n) is 2.86. The first-order valence-electron chi connectivity index (χ1n) is 5.53. The number of fused-ring (bicyclic) bond motifs is 1. The summed E-state index contributed by atoms with van der Waals surface area (Å²) in [6.07, 6.45) is 0. The number of ether oxygens (including phenoxy) is 1. The Morgan fingerprint density at radius 2 is 2.12 bits per heavy atom. The van der Waals surface area contributed by atoms with E-state index in [1.165, 1.54) is 10.4 Å². The molecule has 0 unspecified atom stereocenters. The Labute approximate surface area is 108 Å². The fraction of sp³-hybridized carbons (Fsp3) is 0.364. The Bertz CT molecular complexity index is 508. The van der Waals surface area contributed by atoms with Crippen LogP contribution in [0.15, 0.2) is 18.2 Å². The molecule has 16 heavy (non-hydrogen) atoms. The zero-order chi connectivity index (χ0) is 11.0. The summed E-state index contributed by atoms with van der Waals surface area (Å²) in [5, 5.41) is 0. The minimum atomic E-state index is 0.819. The Morgan fingerprint density at radius 3 is 2.94 bits per heavy atom. The van der Waals surface area contributed by atoms with Crippen molar-refractivity contribution in [2.75, 3.05) is 31.2 Å². The molecule has 1 aliphatic heterocycles. The molecule has 3 rings (SSSR count).